The molecule has 5 heteroatoms. The number of ether oxygens (including phenoxy) is 1. The Morgan fingerprint density at radius 1 is 1.64 bits per heavy atom. The van der Waals surface area contributed by atoms with Gasteiger partial charge in [-0.3, -0.25) is 0 Å². The molecular formula is C9H9NO2S2. The van der Waals surface area contributed by atoms with Gasteiger partial charge in [0.1, 0.15) is 10.9 Å². The number of methoxy groups -OCH3 is 1. The Morgan fingerprint density at radius 3 is 2.64 bits per heavy atom. The van der Waals surface area contributed by atoms with Crippen molar-refractivity contribution in [1.29, 1.82) is 5.26 Å². The first-order valence-electron chi connectivity index (χ1n) is 3.81. The normalized spacial score (nSPS) is 9.57. The van der Waals surface area contributed by atoms with E-state index in [2.05, 4.69) is 10.8 Å². The standard InChI is InChI=1S/C9H9NO2S2/c1-5-6(4-10)9(13-3)14-7(5)8(11)12-2/h1-3H3. The molecule has 1 heterocycles. The minimum atomic E-state index is -0.371. The summed E-state index contributed by atoms with van der Waals surface area (Å²) in [4.78, 5) is 11.8. The molecule has 0 radical (unpaired) electrons. The molecule has 3 nitrogen and oxygen atoms in total. The molecule has 0 saturated heterocycles. The lowest BCUT2D eigenvalue weighted by atomic mass is 10.2. The van der Waals surface area contributed by atoms with Gasteiger partial charge in [0, 0.05) is 0 Å². The highest BCUT2D eigenvalue weighted by atomic mass is 32.2. The molecule has 0 bridgehead atoms. The summed E-state index contributed by atoms with van der Waals surface area (Å²) in [6.45, 7) is 1.76. The van der Waals surface area contributed by atoms with Gasteiger partial charge in [-0.1, -0.05) is 0 Å². The summed E-state index contributed by atoms with van der Waals surface area (Å²) < 4.78 is 5.49. The Morgan fingerprint density at radius 2 is 2.29 bits per heavy atom. The van der Waals surface area contributed by atoms with Crippen LogP contribution in [0.3, 0.4) is 0 Å². The monoisotopic (exact) mass is 227 g/mol. The van der Waals surface area contributed by atoms with Crippen molar-refractivity contribution in [2.24, 2.45) is 0 Å². The second-order valence-electron chi connectivity index (χ2n) is 2.53. The summed E-state index contributed by atoms with van der Waals surface area (Å²) in [7, 11) is 1.34. The van der Waals surface area contributed by atoms with Crippen LogP contribution < -0.4 is 0 Å². The Kier molecular flexibility index (Phi) is 3.55. The van der Waals surface area contributed by atoms with E-state index in [1.807, 2.05) is 6.26 Å². The Hall–Kier alpha value is -0.990. The van der Waals surface area contributed by atoms with Crippen molar-refractivity contribution in [3.05, 3.63) is 16.0 Å². The van der Waals surface area contributed by atoms with E-state index in [4.69, 9.17) is 5.26 Å². The Labute approximate surface area is 90.7 Å². The molecule has 0 atom stereocenters. The zero-order valence-electron chi connectivity index (χ0n) is 8.08. The molecule has 0 amide bonds. The highest BCUT2D eigenvalue weighted by Crippen LogP contribution is 2.34. The third-order valence-electron chi connectivity index (χ3n) is 1.78. The Balaban J connectivity index is 3.29. The Bertz CT molecular complexity index is 404. The fourth-order valence-electron chi connectivity index (χ4n) is 1.05. The molecule has 0 N–H and O–H groups in total. The van der Waals surface area contributed by atoms with E-state index in [1.54, 1.807) is 6.92 Å². The van der Waals surface area contributed by atoms with Gasteiger partial charge in [-0.25, -0.2) is 4.79 Å². The molecule has 0 aliphatic carbocycles. The van der Waals surface area contributed by atoms with Gasteiger partial charge in [-0.15, -0.1) is 23.1 Å². The van der Waals surface area contributed by atoms with Crippen LogP contribution in [-0.2, 0) is 4.74 Å². The van der Waals surface area contributed by atoms with Crippen LogP contribution in [0.5, 0.6) is 0 Å². The van der Waals surface area contributed by atoms with Gasteiger partial charge in [0.2, 0.25) is 0 Å². The number of carbonyl (C=O) groups is 1. The molecule has 1 aromatic heterocycles. The molecule has 14 heavy (non-hydrogen) atoms. The average molecular weight is 227 g/mol. The van der Waals surface area contributed by atoms with Crippen LogP contribution in [0, 0.1) is 18.3 Å². The van der Waals surface area contributed by atoms with Crippen LogP contribution in [0.4, 0.5) is 0 Å². The molecule has 74 valence electrons. The van der Waals surface area contributed by atoms with Crippen molar-refractivity contribution in [2.45, 2.75) is 11.1 Å². The molecule has 1 rings (SSSR count). The molecule has 0 spiro atoms. The highest BCUT2D eigenvalue weighted by molar-refractivity contribution is 8.00. The summed E-state index contributed by atoms with van der Waals surface area (Å²) >= 11 is 2.78. The van der Waals surface area contributed by atoms with E-state index in [9.17, 15) is 4.79 Å². The maximum Gasteiger partial charge on any atom is 0.348 e. The van der Waals surface area contributed by atoms with Gasteiger partial charge in [-0.2, -0.15) is 5.26 Å². The van der Waals surface area contributed by atoms with Crippen LogP contribution in [0.1, 0.15) is 20.8 Å². The van der Waals surface area contributed by atoms with Gasteiger partial charge in [-0.05, 0) is 18.7 Å². The largest absolute Gasteiger partial charge is 0.465 e. The van der Waals surface area contributed by atoms with Crippen LogP contribution in [0.15, 0.2) is 4.21 Å². The van der Waals surface area contributed by atoms with Gasteiger partial charge in [0.05, 0.1) is 16.9 Å². The van der Waals surface area contributed by atoms with E-state index in [0.717, 1.165) is 4.21 Å². The van der Waals surface area contributed by atoms with Crippen molar-refractivity contribution >= 4 is 29.1 Å². The summed E-state index contributed by atoms with van der Waals surface area (Å²) in [6, 6.07) is 2.10. The number of nitriles is 1. The van der Waals surface area contributed by atoms with Crippen molar-refractivity contribution in [3.8, 4) is 6.07 Å². The highest BCUT2D eigenvalue weighted by Gasteiger charge is 2.19. The number of esters is 1. The van der Waals surface area contributed by atoms with Gasteiger partial charge < -0.3 is 4.74 Å². The first-order valence-corrected chi connectivity index (χ1v) is 5.85. The fourth-order valence-corrected chi connectivity index (χ4v) is 2.94. The molecular weight excluding hydrogens is 218 g/mol. The topological polar surface area (TPSA) is 50.1 Å². The van der Waals surface area contributed by atoms with Crippen molar-refractivity contribution in [2.75, 3.05) is 13.4 Å². The third kappa shape index (κ3) is 1.76. The lowest BCUT2D eigenvalue weighted by Crippen LogP contribution is -1.99. The maximum absolute atomic E-state index is 11.3. The third-order valence-corrected chi connectivity index (χ3v) is 4.17. The summed E-state index contributed by atoms with van der Waals surface area (Å²) in [5, 5.41) is 8.89. The summed E-state index contributed by atoms with van der Waals surface area (Å²) in [5.74, 6) is -0.371. The summed E-state index contributed by atoms with van der Waals surface area (Å²) in [5.41, 5.74) is 1.30. The maximum atomic E-state index is 11.3. The fraction of sp³-hybridized carbons (Fsp3) is 0.333. The van der Waals surface area contributed by atoms with Crippen LogP contribution in [0.25, 0.3) is 0 Å². The first kappa shape index (κ1) is 11.1. The predicted octanol–water partition coefficient (Wildman–Crippen LogP) is 2.44. The minimum Gasteiger partial charge on any atom is -0.465 e. The second-order valence-corrected chi connectivity index (χ2v) is 4.62. The molecule has 0 saturated carbocycles. The van der Waals surface area contributed by atoms with E-state index >= 15 is 0 Å². The van der Waals surface area contributed by atoms with Crippen molar-refractivity contribution < 1.29 is 9.53 Å². The van der Waals surface area contributed by atoms with E-state index in [-0.39, 0.29) is 5.97 Å². The SMILES string of the molecule is COC(=O)c1sc(SC)c(C#N)c1C. The van der Waals surface area contributed by atoms with Crippen LogP contribution >= 0.6 is 23.1 Å². The number of nitrogens with zero attached hydrogens (tertiary/aromatic N) is 1. The van der Waals surface area contributed by atoms with Crippen molar-refractivity contribution in [1.82, 2.24) is 0 Å². The molecule has 1 aromatic rings. The lowest BCUT2D eigenvalue weighted by Gasteiger charge is -1.95. The molecule has 0 aliphatic heterocycles. The van der Waals surface area contributed by atoms with Gasteiger partial charge >= 0.3 is 5.97 Å². The lowest BCUT2D eigenvalue weighted by molar-refractivity contribution is 0.0605. The quantitative estimate of drug-likeness (QED) is 0.575. The average Bonchev–Trinajstić information content (AvgIpc) is 2.53. The number of thioether (sulfide) groups is 1. The zero-order chi connectivity index (χ0) is 10.7. The summed E-state index contributed by atoms with van der Waals surface area (Å²) in [6.07, 6.45) is 1.88. The van der Waals surface area contributed by atoms with Crippen molar-refractivity contribution in [3.63, 3.8) is 0 Å². The smallest absolute Gasteiger partial charge is 0.348 e. The number of carbonyl (C=O) groups excluding carboxylic acids is 1. The predicted molar refractivity (Wildman–Crippen MR) is 56.9 cm³/mol. The van der Waals surface area contributed by atoms with Crippen LogP contribution in [0.2, 0.25) is 0 Å². The number of rotatable bonds is 2. The molecule has 0 aliphatic rings. The molecule has 0 aromatic carbocycles. The first-order chi connectivity index (χ1) is 6.65. The zero-order valence-corrected chi connectivity index (χ0v) is 9.71. The number of hydrogen-bond acceptors (Lipinski definition) is 5. The molecule has 0 fully saturated rings. The van der Waals surface area contributed by atoms with E-state index in [0.29, 0.717) is 16.0 Å². The second kappa shape index (κ2) is 4.49. The van der Waals surface area contributed by atoms with Gasteiger partial charge in [0.15, 0.2) is 0 Å². The van der Waals surface area contributed by atoms with Gasteiger partial charge in [0.25, 0.3) is 0 Å². The molecule has 0 unspecified atom stereocenters. The number of thiophene rings is 1. The van der Waals surface area contributed by atoms with E-state index in [1.165, 1.54) is 30.2 Å². The van der Waals surface area contributed by atoms with E-state index < -0.39 is 0 Å². The number of hydrogen-bond donors (Lipinski definition) is 0. The minimum absolute atomic E-state index is 0.371. The van der Waals surface area contributed by atoms with Crippen LogP contribution in [-0.4, -0.2) is 19.3 Å².